The first-order valence-electron chi connectivity index (χ1n) is 4.43. The molecule has 0 unspecified atom stereocenters. The van der Waals surface area contributed by atoms with E-state index in [1.54, 1.807) is 12.1 Å². The Balaban J connectivity index is 0.000000423. The third kappa shape index (κ3) is 6.32. The zero-order chi connectivity index (χ0) is 11.7. The lowest BCUT2D eigenvalue weighted by atomic mass is 9.77. The molecule has 0 saturated carbocycles. The molecule has 1 aromatic rings. The Kier molecular flexibility index (Phi) is 9.44. The molecule has 84 valence electrons. The lowest BCUT2D eigenvalue weighted by molar-refractivity contribution is 0.425. The summed E-state index contributed by atoms with van der Waals surface area (Å²) >= 11 is 6.38. The Bertz CT molecular complexity index is 272. The highest BCUT2D eigenvalue weighted by atomic mass is 79.9. The van der Waals surface area contributed by atoms with Gasteiger partial charge < -0.3 is 15.8 Å². The third-order valence-electron chi connectivity index (χ3n) is 1.59. The summed E-state index contributed by atoms with van der Waals surface area (Å²) in [7, 11) is -1.37. The van der Waals surface area contributed by atoms with Gasteiger partial charge in [0.15, 0.2) is 0 Å². The molecule has 0 bridgehead atoms. The third-order valence-corrected chi connectivity index (χ3v) is 2.65. The molecule has 1 aromatic carbocycles. The van der Waals surface area contributed by atoms with E-state index in [4.69, 9.17) is 15.8 Å². The van der Waals surface area contributed by atoms with Gasteiger partial charge in [-0.25, -0.2) is 0 Å². The SMILES string of the molecule is NCCBr.OB(O)c1ccccc1CBr. The molecule has 4 N–H and O–H groups in total. The summed E-state index contributed by atoms with van der Waals surface area (Å²) in [6.45, 7) is 0.736. The van der Waals surface area contributed by atoms with Crippen LogP contribution in [0.15, 0.2) is 24.3 Å². The van der Waals surface area contributed by atoms with Crippen LogP contribution in [0.4, 0.5) is 0 Å². The Labute approximate surface area is 107 Å². The van der Waals surface area contributed by atoms with Gasteiger partial charge in [0.05, 0.1) is 0 Å². The molecule has 1 rings (SSSR count). The van der Waals surface area contributed by atoms with E-state index in [0.717, 1.165) is 17.4 Å². The van der Waals surface area contributed by atoms with Crippen molar-refractivity contribution < 1.29 is 10.0 Å². The molecule has 0 aliphatic carbocycles. The fourth-order valence-corrected chi connectivity index (χ4v) is 1.42. The minimum atomic E-state index is -1.37. The van der Waals surface area contributed by atoms with E-state index in [9.17, 15) is 0 Å². The van der Waals surface area contributed by atoms with Crippen molar-refractivity contribution in [1.82, 2.24) is 0 Å². The topological polar surface area (TPSA) is 66.5 Å². The van der Waals surface area contributed by atoms with Gasteiger partial charge >= 0.3 is 7.12 Å². The summed E-state index contributed by atoms with van der Waals surface area (Å²) in [6, 6.07) is 7.19. The van der Waals surface area contributed by atoms with Crippen LogP contribution in [0.3, 0.4) is 0 Å². The Morgan fingerprint density at radius 2 is 1.73 bits per heavy atom. The number of benzene rings is 1. The van der Waals surface area contributed by atoms with Crippen molar-refractivity contribution in [2.45, 2.75) is 5.33 Å². The minimum absolute atomic E-state index is 0.560. The van der Waals surface area contributed by atoms with Gasteiger partial charge in [0, 0.05) is 17.2 Å². The number of halogens is 2. The molecular formula is C9H14BBr2NO2. The summed E-state index contributed by atoms with van der Waals surface area (Å²) in [6.07, 6.45) is 0. The Hall–Kier alpha value is 0.125. The first-order valence-corrected chi connectivity index (χ1v) is 6.67. The predicted molar refractivity (Wildman–Crippen MR) is 71.7 cm³/mol. The molecule has 0 aliphatic heterocycles. The first-order chi connectivity index (χ1) is 7.17. The maximum absolute atomic E-state index is 8.87. The highest BCUT2D eigenvalue weighted by Crippen LogP contribution is 2.01. The fourth-order valence-electron chi connectivity index (χ4n) is 0.908. The molecule has 15 heavy (non-hydrogen) atoms. The number of alkyl halides is 2. The van der Waals surface area contributed by atoms with Gasteiger partial charge in [0.25, 0.3) is 0 Å². The van der Waals surface area contributed by atoms with Crippen LogP contribution in [-0.2, 0) is 5.33 Å². The summed E-state index contributed by atoms with van der Waals surface area (Å²) < 4.78 is 0. The second kappa shape index (κ2) is 9.36. The van der Waals surface area contributed by atoms with E-state index in [1.165, 1.54) is 0 Å². The van der Waals surface area contributed by atoms with E-state index < -0.39 is 7.12 Å². The molecule has 3 nitrogen and oxygen atoms in total. The average Bonchev–Trinajstić information content (AvgIpc) is 2.29. The van der Waals surface area contributed by atoms with Crippen LogP contribution < -0.4 is 11.2 Å². The summed E-state index contributed by atoms with van der Waals surface area (Å²) in [5.74, 6) is 0. The van der Waals surface area contributed by atoms with Crippen LogP contribution in [0, 0.1) is 0 Å². The molecular weight excluding hydrogens is 325 g/mol. The second-order valence-corrected chi connectivity index (χ2v) is 4.04. The fraction of sp³-hybridized carbons (Fsp3) is 0.333. The number of hydrogen-bond acceptors (Lipinski definition) is 3. The van der Waals surface area contributed by atoms with Crippen LogP contribution in [0.5, 0.6) is 0 Å². The van der Waals surface area contributed by atoms with Gasteiger partial charge in [0.2, 0.25) is 0 Å². The Morgan fingerprint density at radius 3 is 2.07 bits per heavy atom. The molecule has 0 atom stereocenters. The number of hydrogen-bond donors (Lipinski definition) is 3. The van der Waals surface area contributed by atoms with Gasteiger partial charge in [-0.05, 0) is 11.0 Å². The monoisotopic (exact) mass is 337 g/mol. The Morgan fingerprint density at radius 1 is 1.20 bits per heavy atom. The molecule has 6 heteroatoms. The highest BCUT2D eigenvalue weighted by molar-refractivity contribution is 9.09. The van der Waals surface area contributed by atoms with Crippen molar-refractivity contribution in [3.8, 4) is 0 Å². The summed E-state index contributed by atoms with van der Waals surface area (Å²) in [4.78, 5) is 0. The van der Waals surface area contributed by atoms with Gasteiger partial charge in [-0.1, -0.05) is 56.1 Å². The molecule has 0 spiro atoms. The standard InChI is InChI=1S/C7H8BBrO2.C2H6BrN/c9-5-6-3-1-2-4-7(6)8(10)11;3-1-2-4/h1-4,10-11H,5H2;1-2,4H2. The quantitative estimate of drug-likeness (QED) is 0.558. The summed E-state index contributed by atoms with van der Waals surface area (Å²) in [5.41, 5.74) is 6.45. The van der Waals surface area contributed by atoms with E-state index in [1.807, 2.05) is 12.1 Å². The molecule has 0 radical (unpaired) electrons. The molecule has 0 heterocycles. The van der Waals surface area contributed by atoms with Gasteiger partial charge in [-0.2, -0.15) is 0 Å². The van der Waals surface area contributed by atoms with E-state index in [0.29, 0.717) is 10.8 Å². The minimum Gasteiger partial charge on any atom is -0.423 e. The lowest BCUT2D eigenvalue weighted by Crippen LogP contribution is -2.32. The van der Waals surface area contributed by atoms with Crippen LogP contribution in [-0.4, -0.2) is 29.0 Å². The van der Waals surface area contributed by atoms with Crippen LogP contribution in [0.2, 0.25) is 0 Å². The van der Waals surface area contributed by atoms with E-state index >= 15 is 0 Å². The van der Waals surface area contributed by atoms with Crippen molar-refractivity contribution in [2.75, 3.05) is 11.9 Å². The van der Waals surface area contributed by atoms with Crippen molar-refractivity contribution in [3.63, 3.8) is 0 Å². The highest BCUT2D eigenvalue weighted by Gasteiger charge is 2.13. The molecule has 0 fully saturated rings. The smallest absolute Gasteiger partial charge is 0.423 e. The van der Waals surface area contributed by atoms with E-state index in [2.05, 4.69) is 31.9 Å². The van der Waals surface area contributed by atoms with Crippen molar-refractivity contribution in [1.29, 1.82) is 0 Å². The molecule has 0 saturated heterocycles. The van der Waals surface area contributed by atoms with Gasteiger partial charge in [-0.3, -0.25) is 0 Å². The normalized spacial score (nSPS) is 9.13. The lowest BCUT2D eigenvalue weighted by Gasteiger charge is -2.03. The molecule has 0 aromatic heterocycles. The molecule has 0 amide bonds. The van der Waals surface area contributed by atoms with E-state index in [-0.39, 0.29) is 0 Å². The largest absolute Gasteiger partial charge is 0.488 e. The predicted octanol–water partition coefficient (Wildman–Crippen LogP) is 0.601. The van der Waals surface area contributed by atoms with Gasteiger partial charge in [0.1, 0.15) is 0 Å². The maximum Gasteiger partial charge on any atom is 0.488 e. The van der Waals surface area contributed by atoms with Crippen LogP contribution in [0.25, 0.3) is 0 Å². The molecule has 0 aliphatic rings. The number of nitrogens with two attached hydrogens (primary N) is 1. The van der Waals surface area contributed by atoms with Gasteiger partial charge in [-0.15, -0.1) is 0 Å². The van der Waals surface area contributed by atoms with Crippen molar-refractivity contribution in [2.24, 2.45) is 5.73 Å². The van der Waals surface area contributed by atoms with Crippen molar-refractivity contribution >= 4 is 44.4 Å². The summed E-state index contributed by atoms with van der Waals surface area (Å²) in [5, 5.41) is 19.3. The zero-order valence-electron chi connectivity index (χ0n) is 8.24. The second-order valence-electron chi connectivity index (χ2n) is 2.68. The number of rotatable bonds is 3. The maximum atomic E-state index is 8.87. The average molecular weight is 339 g/mol. The first kappa shape index (κ1) is 15.1. The van der Waals surface area contributed by atoms with Crippen LogP contribution in [0.1, 0.15) is 5.56 Å². The van der Waals surface area contributed by atoms with Crippen LogP contribution >= 0.6 is 31.9 Å². The zero-order valence-corrected chi connectivity index (χ0v) is 11.4. The van der Waals surface area contributed by atoms with Crippen molar-refractivity contribution in [3.05, 3.63) is 29.8 Å².